The predicted octanol–water partition coefficient (Wildman–Crippen LogP) is 1.58. The summed E-state index contributed by atoms with van der Waals surface area (Å²) in [5.41, 5.74) is 2.97. The van der Waals surface area contributed by atoms with Gasteiger partial charge in [0.25, 0.3) is 6.43 Å². The van der Waals surface area contributed by atoms with Crippen molar-refractivity contribution in [2.24, 2.45) is 0 Å². The normalized spacial score (nSPS) is 10.1. The Hall–Kier alpha value is -2.30. The second-order valence-corrected chi connectivity index (χ2v) is 2.82. The molecule has 1 aromatic rings. The van der Waals surface area contributed by atoms with E-state index in [9.17, 15) is 18.9 Å². The van der Waals surface area contributed by atoms with Crippen LogP contribution in [-0.4, -0.2) is 9.91 Å². The number of nitrogens with two attached hydrogens (primary N) is 1. The Labute approximate surface area is 88.5 Å². The number of hydrogen-bond donors (Lipinski definition) is 1. The van der Waals surface area contributed by atoms with Gasteiger partial charge in [0, 0.05) is 6.20 Å². The van der Waals surface area contributed by atoms with E-state index in [0.29, 0.717) is 0 Å². The van der Waals surface area contributed by atoms with E-state index in [2.05, 4.69) is 4.98 Å². The smallest absolute Gasteiger partial charge is 0.314 e. The van der Waals surface area contributed by atoms with E-state index in [1.807, 2.05) is 0 Å². The highest BCUT2D eigenvalue weighted by Crippen LogP contribution is 2.33. The van der Waals surface area contributed by atoms with Crippen molar-refractivity contribution in [3.05, 3.63) is 27.6 Å². The molecule has 0 fully saturated rings. The molecule has 1 aromatic heterocycles. The zero-order chi connectivity index (χ0) is 12.3. The molecule has 0 aliphatic heterocycles. The van der Waals surface area contributed by atoms with Crippen molar-refractivity contribution >= 4 is 11.4 Å². The molecule has 8 heteroatoms. The van der Waals surface area contributed by atoms with Crippen LogP contribution in [0.15, 0.2) is 6.20 Å². The van der Waals surface area contributed by atoms with Gasteiger partial charge >= 0.3 is 5.69 Å². The first-order valence-electron chi connectivity index (χ1n) is 4.05. The van der Waals surface area contributed by atoms with E-state index in [1.54, 1.807) is 6.07 Å². The van der Waals surface area contributed by atoms with Gasteiger partial charge < -0.3 is 5.73 Å². The summed E-state index contributed by atoms with van der Waals surface area (Å²) in [6.07, 6.45) is -2.55. The van der Waals surface area contributed by atoms with Crippen molar-refractivity contribution < 1.29 is 13.7 Å². The molecule has 0 saturated heterocycles. The lowest BCUT2D eigenvalue weighted by atomic mass is 10.1. The number of rotatable bonds is 3. The predicted molar refractivity (Wildman–Crippen MR) is 49.6 cm³/mol. The number of hydrogen-bond acceptors (Lipinski definition) is 5. The van der Waals surface area contributed by atoms with Crippen molar-refractivity contribution in [3.8, 4) is 6.07 Å². The third-order valence-corrected chi connectivity index (χ3v) is 1.86. The number of nitriles is 1. The van der Waals surface area contributed by atoms with Gasteiger partial charge in [-0.2, -0.15) is 5.26 Å². The molecule has 16 heavy (non-hydrogen) atoms. The zero-order valence-electron chi connectivity index (χ0n) is 7.85. The third-order valence-electron chi connectivity index (χ3n) is 1.86. The number of nitrogen functional groups attached to an aromatic ring is 1. The topological polar surface area (TPSA) is 106 Å². The fourth-order valence-corrected chi connectivity index (χ4v) is 1.15. The molecule has 6 nitrogen and oxygen atoms in total. The highest BCUT2D eigenvalue weighted by molar-refractivity contribution is 5.65. The second-order valence-electron chi connectivity index (χ2n) is 2.82. The summed E-state index contributed by atoms with van der Waals surface area (Å²) in [6, 6.07) is 1.65. The van der Waals surface area contributed by atoms with Crippen molar-refractivity contribution in [1.29, 1.82) is 5.26 Å². The highest BCUT2D eigenvalue weighted by Gasteiger charge is 2.25. The van der Waals surface area contributed by atoms with Crippen molar-refractivity contribution in [3.63, 3.8) is 0 Å². The Morgan fingerprint density at radius 1 is 1.69 bits per heavy atom. The van der Waals surface area contributed by atoms with Crippen molar-refractivity contribution in [1.82, 2.24) is 4.98 Å². The van der Waals surface area contributed by atoms with Crippen LogP contribution in [0.4, 0.5) is 20.2 Å². The second kappa shape index (κ2) is 4.48. The standard InChI is InChI=1S/C8H6F2N4O2/c9-8(10)4-3-13-5(1-2-11)7(6(4)12)14(15)16/h3,8H,1H2,(H2,12,13). The molecular formula is C8H6F2N4O2. The maximum atomic E-state index is 12.4. The fraction of sp³-hybridized carbons (Fsp3) is 0.250. The van der Waals surface area contributed by atoms with Crippen LogP contribution in [0.25, 0.3) is 0 Å². The number of anilines is 1. The maximum absolute atomic E-state index is 12.4. The molecule has 0 aromatic carbocycles. The third kappa shape index (κ3) is 2.03. The van der Waals surface area contributed by atoms with Gasteiger partial charge in [-0.05, 0) is 0 Å². The molecule has 0 atom stereocenters. The Balaban J connectivity index is 3.43. The molecular weight excluding hydrogens is 222 g/mol. The molecule has 0 aliphatic carbocycles. The van der Waals surface area contributed by atoms with Crippen LogP contribution in [0.5, 0.6) is 0 Å². The summed E-state index contributed by atoms with van der Waals surface area (Å²) < 4.78 is 24.8. The van der Waals surface area contributed by atoms with E-state index in [4.69, 9.17) is 11.0 Å². The van der Waals surface area contributed by atoms with Crippen LogP contribution in [0.1, 0.15) is 17.7 Å². The van der Waals surface area contributed by atoms with E-state index in [1.165, 1.54) is 0 Å². The highest BCUT2D eigenvalue weighted by atomic mass is 19.3. The first-order chi connectivity index (χ1) is 7.49. The largest absolute Gasteiger partial charge is 0.393 e. The zero-order valence-corrected chi connectivity index (χ0v) is 7.85. The van der Waals surface area contributed by atoms with Gasteiger partial charge in [-0.15, -0.1) is 0 Å². The van der Waals surface area contributed by atoms with Gasteiger partial charge in [-0.25, -0.2) is 8.78 Å². The molecule has 1 rings (SSSR count). The van der Waals surface area contributed by atoms with Crippen LogP contribution >= 0.6 is 0 Å². The molecule has 0 saturated carbocycles. The Morgan fingerprint density at radius 3 is 2.75 bits per heavy atom. The number of aromatic nitrogens is 1. The molecule has 0 spiro atoms. The minimum atomic E-state index is -2.94. The van der Waals surface area contributed by atoms with Gasteiger partial charge in [0.1, 0.15) is 11.4 Å². The molecule has 2 N–H and O–H groups in total. The summed E-state index contributed by atoms with van der Waals surface area (Å²) in [7, 11) is 0. The lowest BCUT2D eigenvalue weighted by Gasteiger charge is -2.06. The van der Waals surface area contributed by atoms with Crippen LogP contribution in [0, 0.1) is 21.4 Å². The first kappa shape index (κ1) is 11.8. The monoisotopic (exact) mass is 228 g/mol. The van der Waals surface area contributed by atoms with Gasteiger partial charge in [-0.1, -0.05) is 0 Å². The number of alkyl halides is 2. The summed E-state index contributed by atoms with van der Waals surface area (Å²) in [5, 5.41) is 19.0. The molecule has 84 valence electrons. The minimum absolute atomic E-state index is 0.214. The van der Waals surface area contributed by atoms with Crippen LogP contribution in [0.3, 0.4) is 0 Å². The number of halogens is 2. The van der Waals surface area contributed by atoms with E-state index in [-0.39, 0.29) is 12.1 Å². The SMILES string of the molecule is N#CCc1ncc(C(F)F)c(N)c1[N+](=O)[O-]. The number of pyridine rings is 1. The van der Waals surface area contributed by atoms with Gasteiger partial charge in [0.05, 0.1) is 23.0 Å². The van der Waals surface area contributed by atoms with Crippen molar-refractivity contribution in [2.45, 2.75) is 12.8 Å². The molecule has 0 radical (unpaired) electrons. The molecule has 0 bridgehead atoms. The minimum Gasteiger partial charge on any atom is -0.393 e. The lowest BCUT2D eigenvalue weighted by Crippen LogP contribution is -2.06. The number of nitrogens with zero attached hydrogens (tertiary/aromatic N) is 3. The van der Waals surface area contributed by atoms with Crippen LogP contribution in [-0.2, 0) is 6.42 Å². The Bertz CT molecular complexity index is 470. The van der Waals surface area contributed by atoms with E-state index >= 15 is 0 Å². The summed E-state index contributed by atoms with van der Waals surface area (Å²) in [6.45, 7) is 0. The Morgan fingerprint density at radius 2 is 2.31 bits per heavy atom. The molecule has 1 heterocycles. The fourth-order valence-electron chi connectivity index (χ4n) is 1.15. The maximum Gasteiger partial charge on any atom is 0.314 e. The number of nitro groups is 1. The van der Waals surface area contributed by atoms with Gasteiger partial charge in [0.2, 0.25) is 0 Å². The molecule has 0 amide bonds. The van der Waals surface area contributed by atoms with Crippen LogP contribution in [0.2, 0.25) is 0 Å². The molecule has 0 unspecified atom stereocenters. The van der Waals surface area contributed by atoms with E-state index in [0.717, 1.165) is 6.20 Å². The summed E-state index contributed by atoms with van der Waals surface area (Å²) >= 11 is 0. The quantitative estimate of drug-likeness (QED) is 0.624. The lowest BCUT2D eigenvalue weighted by molar-refractivity contribution is -0.384. The van der Waals surface area contributed by atoms with Gasteiger partial charge in [0.15, 0.2) is 0 Å². The van der Waals surface area contributed by atoms with Gasteiger partial charge in [-0.3, -0.25) is 15.1 Å². The summed E-state index contributed by atoms with van der Waals surface area (Å²) in [4.78, 5) is 13.2. The van der Waals surface area contributed by atoms with E-state index < -0.39 is 28.3 Å². The van der Waals surface area contributed by atoms with Crippen LogP contribution < -0.4 is 5.73 Å². The summed E-state index contributed by atoms with van der Waals surface area (Å²) in [5.74, 6) is 0. The first-order valence-corrected chi connectivity index (χ1v) is 4.05. The average molecular weight is 228 g/mol. The molecule has 0 aliphatic rings. The average Bonchev–Trinajstić information content (AvgIpc) is 2.17. The Kier molecular flexibility index (Phi) is 3.30. The van der Waals surface area contributed by atoms with Crippen molar-refractivity contribution in [2.75, 3.05) is 5.73 Å².